The lowest BCUT2D eigenvalue weighted by molar-refractivity contribution is 0.177. The van der Waals surface area contributed by atoms with Gasteiger partial charge in [-0.25, -0.2) is 9.67 Å². The van der Waals surface area contributed by atoms with E-state index in [0.717, 1.165) is 56.5 Å². The Hall–Kier alpha value is -1.67. The van der Waals surface area contributed by atoms with Crippen molar-refractivity contribution < 1.29 is 4.74 Å². The number of hydrogen-bond donors (Lipinski definition) is 2. The van der Waals surface area contributed by atoms with E-state index >= 15 is 0 Å². The normalized spacial score (nSPS) is 18.1. The van der Waals surface area contributed by atoms with Crippen molar-refractivity contribution in [3.63, 3.8) is 0 Å². The van der Waals surface area contributed by atoms with E-state index in [9.17, 15) is 0 Å². The number of ether oxygens (including phenoxy) is 1. The lowest BCUT2D eigenvalue weighted by Crippen LogP contribution is -2.47. The largest absolute Gasteiger partial charge is 0.377 e. The molecule has 0 aliphatic carbocycles. The summed E-state index contributed by atoms with van der Waals surface area (Å²) in [5.74, 6) is 2.66. The highest BCUT2D eigenvalue weighted by atomic mass is 16.5. The van der Waals surface area contributed by atoms with Crippen LogP contribution in [0.4, 0.5) is 0 Å². The van der Waals surface area contributed by atoms with Crippen LogP contribution in [0, 0.1) is 0 Å². The number of methoxy groups -OCH3 is 1. The third-order valence-corrected chi connectivity index (χ3v) is 3.81. The van der Waals surface area contributed by atoms with Crippen LogP contribution >= 0.6 is 0 Å². The number of nitrogens with one attached hydrogen (secondary N) is 2. The standard InChI is InChI=1S/C15H29N7O/c1-16-15(17-8-5-9-21(2)3)18-12-6-7-14-19-13(11-23-4)20-22(14)10-12/h12H,5-11H2,1-4H3,(H2,16,17,18). The average Bonchev–Trinajstić information content (AvgIpc) is 2.92. The minimum absolute atomic E-state index is 0.319. The smallest absolute Gasteiger partial charge is 0.191 e. The third kappa shape index (κ3) is 5.47. The van der Waals surface area contributed by atoms with E-state index in [1.54, 1.807) is 7.11 Å². The molecular formula is C15H29N7O. The fourth-order valence-corrected chi connectivity index (χ4v) is 2.66. The van der Waals surface area contributed by atoms with Gasteiger partial charge in [0.15, 0.2) is 11.8 Å². The van der Waals surface area contributed by atoms with Crippen LogP contribution in [0.5, 0.6) is 0 Å². The maximum absolute atomic E-state index is 5.10. The number of aryl methyl sites for hydroxylation is 1. The highest BCUT2D eigenvalue weighted by Gasteiger charge is 2.22. The van der Waals surface area contributed by atoms with E-state index in [1.807, 2.05) is 11.7 Å². The summed E-state index contributed by atoms with van der Waals surface area (Å²) in [4.78, 5) is 11.0. The number of fused-ring (bicyclic) bond motifs is 1. The number of hydrogen-bond acceptors (Lipinski definition) is 5. The first kappa shape index (κ1) is 17.7. The molecule has 23 heavy (non-hydrogen) atoms. The predicted molar refractivity (Wildman–Crippen MR) is 90.5 cm³/mol. The van der Waals surface area contributed by atoms with E-state index in [4.69, 9.17) is 4.74 Å². The molecule has 0 saturated carbocycles. The van der Waals surface area contributed by atoms with E-state index in [0.29, 0.717) is 12.6 Å². The average molecular weight is 323 g/mol. The van der Waals surface area contributed by atoms with Crippen molar-refractivity contribution >= 4 is 5.96 Å². The molecule has 1 aromatic rings. The molecule has 2 N–H and O–H groups in total. The molecule has 0 radical (unpaired) electrons. The Morgan fingerprint density at radius 3 is 3.00 bits per heavy atom. The summed E-state index contributed by atoms with van der Waals surface area (Å²) in [6, 6.07) is 0.319. The van der Waals surface area contributed by atoms with Gasteiger partial charge in [-0.3, -0.25) is 4.99 Å². The maximum Gasteiger partial charge on any atom is 0.191 e. The van der Waals surface area contributed by atoms with Crippen molar-refractivity contribution in [1.29, 1.82) is 0 Å². The van der Waals surface area contributed by atoms with Crippen molar-refractivity contribution in [2.75, 3.05) is 41.3 Å². The molecule has 0 aromatic carbocycles. The molecule has 8 nitrogen and oxygen atoms in total. The Labute approximate surface area is 138 Å². The minimum atomic E-state index is 0.319. The number of nitrogens with zero attached hydrogens (tertiary/aromatic N) is 5. The Bertz CT molecular complexity index is 512. The van der Waals surface area contributed by atoms with Gasteiger partial charge in [-0.2, -0.15) is 5.10 Å². The summed E-state index contributed by atoms with van der Waals surface area (Å²) in [6.45, 7) is 3.26. The van der Waals surface area contributed by atoms with Crippen LogP contribution in [-0.2, 0) is 24.3 Å². The van der Waals surface area contributed by atoms with Crippen molar-refractivity contribution in [2.24, 2.45) is 4.99 Å². The van der Waals surface area contributed by atoms with Gasteiger partial charge < -0.3 is 20.3 Å². The second-order valence-electron chi connectivity index (χ2n) is 6.10. The lowest BCUT2D eigenvalue weighted by Gasteiger charge is -2.25. The molecule has 1 aliphatic rings. The Morgan fingerprint density at radius 2 is 2.30 bits per heavy atom. The second kappa shape index (κ2) is 8.83. The summed E-state index contributed by atoms with van der Waals surface area (Å²) in [5.41, 5.74) is 0. The van der Waals surface area contributed by atoms with Gasteiger partial charge in [0.05, 0.1) is 6.54 Å². The number of aromatic nitrogens is 3. The number of rotatable bonds is 7. The molecule has 1 aliphatic heterocycles. The van der Waals surface area contributed by atoms with Gasteiger partial charge in [0, 0.05) is 33.2 Å². The van der Waals surface area contributed by atoms with E-state index in [1.165, 1.54) is 0 Å². The SMILES string of the molecule is CN=C(NCCCN(C)C)NC1CCc2nc(COC)nn2C1. The number of guanidine groups is 1. The van der Waals surface area contributed by atoms with Gasteiger partial charge in [0.25, 0.3) is 0 Å². The zero-order valence-electron chi connectivity index (χ0n) is 14.7. The summed E-state index contributed by atoms with van der Waals surface area (Å²) < 4.78 is 7.08. The first-order valence-corrected chi connectivity index (χ1v) is 8.15. The molecule has 0 amide bonds. The molecule has 2 rings (SSSR count). The molecule has 0 fully saturated rings. The van der Waals surface area contributed by atoms with E-state index in [-0.39, 0.29) is 0 Å². The first-order valence-electron chi connectivity index (χ1n) is 8.15. The van der Waals surface area contributed by atoms with Gasteiger partial charge in [-0.15, -0.1) is 0 Å². The lowest BCUT2D eigenvalue weighted by atomic mass is 10.1. The van der Waals surface area contributed by atoms with E-state index in [2.05, 4.69) is 44.7 Å². The van der Waals surface area contributed by atoms with Crippen molar-refractivity contribution in [2.45, 2.75) is 38.5 Å². The molecule has 0 saturated heterocycles. The molecule has 1 atom stereocenters. The van der Waals surface area contributed by atoms with Gasteiger partial charge in [0.1, 0.15) is 12.4 Å². The minimum Gasteiger partial charge on any atom is -0.377 e. The zero-order valence-corrected chi connectivity index (χ0v) is 14.7. The predicted octanol–water partition coefficient (Wildman–Crippen LogP) is -0.144. The molecule has 1 aromatic heterocycles. The quantitative estimate of drug-likeness (QED) is 0.413. The van der Waals surface area contributed by atoms with Crippen LogP contribution in [0.3, 0.4) is 0 Å². The molecule has 130 valence electrons. The van der Waals surface area contributed by atoms with Crippen molar-refractivity contribution in [3.05, 3.63) is 11.6 Å². The Kier molecular flexibility index (Phi) is 6.79. The third-order valence-electron chi connectivity index (χ3n) is 3.81. The topological polar surface area (TPSA) is 79.6 Å². The van der Waals surface area contributed by atoms with Gasteiger partial charge in [0.2, 0.25) is 0 Å². The summed E-state index contributed by atoms with van der Waals surface area (Å²) in [7, 11) is 7.64. The van der Waals surface area contributed by atoms with E-state index < -0.39 is 0 Å². The fourth-order valence-electron chi connectivity index (χ4n) is 2.66. The van der Waals surface area contributed by atoms with Crippen LogP contribution in [-0.4, -0.2) is 73.0 Å². The van der Waals surface area contributed by atoms with Crippen LogP contribution in [0.15, 0.2) is 4.99 Å². The Morgan fingerprint density at radius 1 is 1.48 bits per heavy atom. The van der Waals surface area contributed by atoms with Gasteiger partial charge in [-0.05, 0) is 33.5 Å². The molecule has 2 heterocycles. The fraction of sp³-hybridized carbons (Fsp3) is 0.800. The van der Waals surface area contributed by atoms with Crippen LogP contribution in [0.25, 0.3) is 0 Å². The van der Waals surface area contributed by atoms with Gasteiger partial charge >= 0.3 is 0 Å². The molecule has 1 unspecified atom stereocenters. The van der Waals surface area contributed by atoms with Crippen molar-refractivity contribution in [1.82, 2.24) is 30.3 Å². The molecule has 8 heteroatoms. The summed E-state index contributed by atoms with van der Waals surface area (Å²) >= 11 is 0. The molecule has 0 spiro atoms. The van der Waals surface area contributed by atoms with Crippen LogP contribution in [0.2, 0.25) is 0 Å². The monoisotopic (exact) mass is 323 g/mol. The van der Waals surface area contributed by atoms with Crippen LogP contribution in [0.1, 0.15) is 24.5 Å². The van der Waals surface area contributed by atoms with Crippen LogP contribution < -0.4 is 10.6 Å². The number of aliphatic imine (C=N–C) groups is 1. The van der Waals surface area contributed by atoms with Gasteiger partial charge in [-0.1, -0.05) is 0 Å². The highest BCUT2D eigenvalue weighted by Crippen LogP contribution is 2.13. The van der Waals surface area contributed by atoms with Crippen molar-refractivity contribution in [3.8, 4) is 0 Å². The second-order valence-corrected chi connectivity index (χ2v) is 6.10. The highest BCUT2D eigenvalue weighted by molar-refractivity contribution is 5.79. The molecule has 0 bridgehead atoms. The summed E-state index contributed by atoms with van der Waals surface area (Å²) in [5, 5.41) is 11.3. The first-order chi connectivity index (χ1) is 11.1. The Balaban J connectivity index is 1.80. The maximum atomic E-state index is 5.10. The molecular weight excluding hydrogens is 294 g/mol. The zero-order chi connectivity index (χ0) is 16.7. The summed E-state index contributed by atoms with van der Waals surface area (Å²) in [6.07, 6.45) is 3.04.